The number of ether oxygens (including phenoxy) is 3. The number of carbonyl (C=O) groups is 1. The summed E-state index contributed by atoms with van der Waals surface area (Å²) in [4.78, 5) is 10.7. The fourth-order valence-electron chi connectivity index (χ4n) is 2.57. The third kappa shape index (κ3) is 6.03. The second-order valence-electron chi connectivity index (χ2n) is 5.90. The van der Waals surface area contributed by atoms with Gasteiger partial charge in [-0.25, -0.2) is 0 Å². The van der Waals surface area contributed by atoms with Gasteiger partial charge in [0, 0.05) is 6.42 Å². The van der Waals surface area contributed by atoms with Gasteiger partial charge in [0.2, 0.25) is 0 Å². The van der Waals surface area contributed by atoms with Gasteiger partial charge in [0.1, 0.15) is 19.0 Å². The fraction of sp³-hybridized carbons (Fsp3) is 0.350. The molecular formula is C20H24O5. The molecule has 5 nitrogen and oxygen atoms in total. The van der Waals surface area contributed by atoms with Crippen LogP contribution in [0.25, 0.3) is 0 Å². The van der Waals surface area contributed by atoms with Crippen molar-refractivity contribution in [2.75, 3.05) is 20.3 Å². The average molecular weight is 344 g/mol. The number of aryl methyl sites for hydroxylation is 3. The minimum atomic E-state index is -0.817. The molecule has 5 heteroatoms. The Hall–Kier alpha value is -2.69. The van der Waals surface area contributed by atoms with E-state index in [4.69, 9.17) is 19.3 Å². The van der Waals surface area contributed by atoms with Gasteiger partial charge in [0.05, 0.1) is 7.11 Å². The van der Waals surface area contributed by atoms with Crippen LogP contribution in [0.5, 0.6) is 17.2 Å². The van der Waals surface area contributed by atoms with Crippen LogP contribution in [0.3, 0.4) is 0 Å². The molecule has 2 aromatic rings. The fourth-order valence-corrected chi connectivity index (χ4v) is 2.57. The third-order valence-electron chi connectivity index (χ3n) is 3.66. The first-order chi connectivity index (χ1) is 12.0. The van der Waals surface area contributed by atoms with Gasteiger partial charge in [-0.15, -0.1) is 0 Å². The Labute approximate surface area is 148 Å². The van der Waals surface area contributed by atoms with Gasteiger partial charge in [-0.2, -0.15) is 0 Å². The number of methoxy groups -OCH3 is 1. The van der Waals surface area contributed by atoms with Crippen molar-refractivity contribution in [2.45, 2.75) is 26.7 Å². The van der Waals surface area contributed by atoms with Crippen LogP contribution in [-0.2, 0) is 11.2 Å². The van der Waals surface area contributed by atoms with Crippen molar-refractivity contribution in [3.63, 3.8) is 0 Å². The Morgan fingerprint density at radius 3 is 2.28 bits per heavy atom. The minimum Gasteiger partial charge on any atom is -0.493 e. The summed E-state index contributed by atoms with van der Waals surface area (Å²) < 4.78 is 16.8. The van der Waals surface area contributed by atoms with E-state index in [1.54, 1.807) is 13.2 Å². The number of rotatable bonds is 9. The van der Waals surface area contributed by atoms with Gasteiger partial charge in [0.15, 0.2) is 11.5 Å². The molecule has 2 rings (SSSR count). The zero-order chi connectivity index (χ0) is 18.2. The van der Waals surface area contributed by atoms with Crippen LogP contribution in [0.4, 0.5) is 0 Å². The molecule has 0 radical (unpaired) electrons. The molecule has 0 heterocycles. The molecule has 134 valence electrons. The van der Waals surface area contributed by atoms with Crippen LogP contribution in [0.1, 0.15) is 23.1 Å². The number of carboxylic acid groups (broad SMARTS) is 1. The molecule has 0 aromatic heterocycles. The summed E-state index contributed by atoms with van der Waals surface area (Å²) >= 11 is 0. The Bertz CT molecular complexity index is 704. The van der Waals surface area contributed by atoms with E-state index in [9.17, 15) is 4.79 Å². The van der Waals surface area contributed by atoms with Gasteiger partial charge >= 0.3 is 5.97 Å². The van der Waals surface area contributed by atoms with Crippen molar-refractivity contribution in [3.05, 3.63) is 53.1 Å². The Kier molecular flexibility index (Phi) is 6.69. The van der Waals surface area contributed by atoms with Gasteiger partial charge < -0.3 is 19.3 Å². The van der Waals surface area contributed by atoms with Crippen molar-refractivity contribution < 1.29 is 24.1 Å². The zero-order valence-corrected chi connectivity index (χ0v) is 14.9. The summed E-state index contributed by atoms with van der Waals surface area (Å²) in [5.74, 6) is 1.22. The van der Waals surface area contributed by atoms with Crippen LogP contribution < -0.4 is 14.2 Å². The maximum Gasteiger partial charge on any atom is 0.303 e. The maximum atomic E-state index is 10.7. The number of hydrogen-bond acceptors (Lipinski definition) is 4. The van der Waals surface area contributed by atoms with Gasteiger partial charge in [-0.3, -0.25) is 4.79 Å². The molecule has 0 spiro atoms. The monoisotopic (exact) mass is 344 g/mol. The smallest absolute Gasteiger partial charge is 0.303 e. The predicted molar refractivity (Wildman–Crippen MR) is 95.9 cm³/mol. The SMILES string of the molecule is COc1cc(CCC(=O)O)ccc1OCCOc1cc(C)cc(C)c1. The largest absolute Gasteiger partial charge is 0.493 e. The quantitative estimate of drug-likeness (QED) is 0.701. The third-order valence-corrected chi connectivity index (χ3v) is 3.66. The van der Waals surface area contributed by atoms with E-state index in [1.807, 2.05) is 38.1 Å². The van der Waals surface area contributed by atoms with E-state index in [-0.39, 0.29) is 6.42 Å². The Morgan fingerprint density at radius 1 is 0.960 bits per heavy atom. The van der Waals surface area contributed by atoms with Crippen LogP contribution in [0.15, 0.2) is 36.4 Å². The molecule has 0 fully saturated rings. The molecule has 1 N–H and O–H groups in total. The predicted octanol–water partition coefficient (Wildman–Crippen LogP) is 3.79. The van der Waals surface area contributed by atoms with E-state index in [0.717, 1.165) is 22.4 Å². The maximum absolute atomic E-state index is 10.7. The molecule has 2 aromatic carbocycles. The lowest BCUT2D eigenvalue weighted by Crippen LogP contribution is -2.10. The molecule has 0 amide bonds. The molecule has 0 saturated carbocycles. The highest BCUT2D eigenvalue weighted by Gasteiger charge is 2.07. The molecule has 0 aliphatic heterocycles. The van der Waals surface area contributed by atoms with Crippen LogP contribution in [0.2, 0.25) is 0 Å². The molecule has 0 bridgehead atoms. The molecule has 0 saturated heterocycles. The topological polar surface area (TPSA) is 65.0 Å². The Balaban J connectivity index is 1.88. The number of carboxylic acids is 1. The first kappa shape index (κ1) is 18.6. The van der Waals surface area contributed by atoms with Crippen molar-refractivity contribution in [1.29, 1.82) is 0 Å². The van der Waals surface area contributed by atoms with Crippen molar-refractivity contribution in [2.24, 2.45) is 0 Å². The lowest BCUT2D eigenvalue weighted by atomic mass is 10.1. The minimum absolute atomic E-state index is 0.0904. The van der Waals surface area contributed by atoms with E-state index >= 15 is 0 Å². The van der Waals surface area contributed by atoms with Crippen LogP contribution >= 0.6 is 0 Å². The highest BCUT2D eigenvalue weighted by Crippen LogP contribution is 2.28. The highest BCUT2D eigenvalue weighted by molar-refractivity contribution is 5.67. The van der Waals surface area contributed by atoms with Gasteiger partial charge in [-0.1, -0.05) is 12.1 Å². The van der Waals surface area contributed by atoms with E-state index in [2.05, 4.69) is 6.07 Å². The zero-order valence-electron chi connectivity index (χ0n) is 14.9. The normalized spacial score (nSPS) is 10.4. The standard InChI is InChI=1S/C20H24O5/c1-14-10-15(2)12-17(11-14)24-8-9-25-18-6-4-16(5-7-20(21)22)13-19(18)23-3/h4,6,10-13H,5,7-9H2,1-3H3,(H,21,22). The Morgan fingerprint density at radius 2 is 1.64 bits per heavy atom. The van der Waals surface area contributed by atoms with Gasteiger partial charge in [0.25, 0.3) is 0 Å². The number of benzene rings is 2. The van der Waals surface area contributed by atoms with Crippen molar-refractivity contribution >= 4 is 5.97 Å². The molecule has 0 aliphatic rings. The first-order valence-electron chi connectivity index (χ1n) is 8.20. The van der Waals surface area contributed by atoms with Crippen molar-refractivity contribution in [3.8, 4) is 17.2 Å². The van der Waals surface area contributed by atoms with E-state index < -0.39 is 5.97 Å². The molecule has 0 aliphatic carbocycles. The summed E-state index contributed by atoms with van der Waals surface area (Å²) in [6.07, 6.45) is 0.550. The summed E-state index contributed by atoms with van der Waals surface area (Å²) in [5.41, 5.74) is 3.22. The summed E-state index contributed by atoms with van der Waals surface area (Å²) in [5, 5.41) is 8.76. The van der Waals surface area contributed by atoms with Crippen LogP contribution in [-0.4, -0.2) is 31.4 Å². The van der Waals surface area contributed by atoms with Gasteiger partial charge in [-0.05, 0) is 61.2 Å². The summed E-state index contributed by atoms with van der Waals surface area (Å²) in [6.45, 7) is 4.88. The first-order valence-corrected chi connectivity index (χ1v) is 8.20. The van der Waals surface area contributed by atoms with E-state index in [0.29, 0.717) is 31.1 Å². The van der Waals surface area contributed by atoms with Crippen LogP contribution in [0, 0.1) is 13.8 Å². The number of hydrogen-bond donors (Lipinski definition) is 1. The average Bonchev–Trinajstić information content (AvgIpc) is 2.56. The lowest BCUT2D eigenvalue weighted by molar-refractivity contribution is -0.136. The van der Waals surface area contributed by atoms with E-state index in [1.165, 1.54) is 0 Å². The summed E-state index contributed by atoms with van der Waals surface area (Å²) in [7, 11) is 1.56. The van der Waals surface area contributed by atoms with Crippen molar-refractivity contribution in [1.82, 2.24) is 0 Å². The highest BCUT2D eigenvalue weighted by atomic mass is 16.5. The lowest BCUT2D eigenvalue weighted by Gasteiger charge is -2.13. The second-order valence-corrected chi connectivity index (χ2v) is 5.90. The molecular weight excluding hydrogens is 320 g/mol. The molecule has 0 atom stereocenters. The number of aliphatic carboxylic acids is 1. The molecule has 25 heavy (non-hydrogen) atoms. The summed E-state index contributed by atoms with van der Waals surface area (Å²) in [6, 6.07) is 11.5. The second kappa shape index (κ2) is 8.97. The molecule has 0 unspecified atom stereocenters.